The van der Waals surface area contributed by atoms with E-state index in [4.69, 9.17) is 0 Å². The van der Waals surface area contributed by atoms with Crippen LogP contribution in [0.25, 0.3) is 0 Å². The number of amides is 1. The minimum atomic E-state index is -0.390. The number of hydrogen-bond donors (Lipinski definition) is 2. The molecule has 4 heterocycles. The van der Waals surface area contributed by atoms with Crippen LogP contribution in [0.15, 0.2) is 66.7 Å². The summed E-state index contributed by atoms with van der Waals surface area (Å²) in [6.45, 7) is 1.85. The van der Waals surface area contributed by atoms with E-state index in [2.05, 4.69) is 30.7 Å². The molecule has 0 saturated heterocycles. The lowest BCUT2D eigenvalue weighted by atomic mass is 9.96. The molecule has 0 radical (unpaired) electrons. The lowest BCUT2D eigenvalue weighted by Gasteiger charge is -2.28. The Morgan fingerprint density at radius 2 is 2.04 bits per heavy atom. The van der Waals surface area contributed by atoms with E-state index in [1.165, 1.54) is 6.33 Å². The molecule has 0 fully saturated rings. The van der Waals surface area contributed by atoms with E-state index in [0.29, 0.717) is 17.2 Å². The first-order chi connectivity index (χ1) is 12.2. The van der Waals surface area contributed by atoms with Crippen molar-refractivity contribution in [2.24, 2.45) is 0 Å². The highest BCUT2D eigenvalue weighted by molar-refractivity contribution is 6.05. The van der Waals surface area contributed by atoms with E-state index in [1.54, 1.807) is 41.6 Å². The molecule has 3 aromatic heterocycles. The average molecular weight is 333 g/mol. The number of carbonyl (C=O) groups is 1. The van der Waals surface area contributed by atoms with E-state index in [-0.39, 0.29) is 5.91 Å². The molecule has 1 amide bonds. The van der Waals surface area contributed by atoms with Gasteiger partial charge in [-0.25, -0.2) is 4.68 Å². The summed E-state index contributed by atoms with van der Waals surface area (Å²) in [7, 11) is 0. The molecule has 25 heavy (non-hydrogen) atoms. The average Bonchev–Trinajstić information content (AvgIpc) is 3.10. The number of nitrogens with zero attached hydrogens (tertiary/aromatic N) is 5. The summed E-state index contributed by atoms with van der Waals surface area (Å²) in [4.78, 5) is 25.3. The Labute approximate surface area is 143 Å². The van der Waals surface area contributed by atoms with E-state index < -0.39 is 6.04 Å². The minimum Gasteiger partial charge on any atom is -0.328 e. The topological polar surface area (TPSA) is 97.6 Å². The van der Waals surface area contributed by atoms with Gasteiger partial charge < -0.3 is 10.6 Å². The molecule has 8 heteroatoms. The SMILES string of the molecule is CC1=C(C(=O)Nc2cccnc2)C(c2ccncc2)n2ncnc2N1. The molecule has 4 rings (SSSR count). The van der Waals surface area contributed by atoms with Crippen LogP contribution >= 0.6 is 0 Å². The van der Waals surface area contributed by atoms with E-state index >= 15 is 0 Å². The van der Waals surface area contributed by atoms with Crippen LogP contribution in [0.1, 0.15) is 18.5 Å². The summed E-state index contributed by atoms with van der Waals surface area (Å²) in [6, 6.07) is 6.90. The Bertz CT molecular complexity index is 934. The van der Waals surface area contributed by atoms with Crippen LogP contribution in [0.4, 0.5) is 11.6 Å². The van der Waals surface area contributed by atoms with E-state index in [9.17, 15) is 4.79 Å². The number of carbonyl (C=O) groups excluding carboxylic acids is 1. The van der Waals surface area contributed by atoms with Crippen molar-refractivity contribution in [3.8, 4) is 0 Å². The van der Waals surface area contributed by atoms with Gasteiger partial charge in [0.05, 0.1) is 17.5 Å². The molecular formula is C17H15N7O. The fourth-order valence-corrected chi connectivity index (χ4v) is 2.87. The van der Waals surface area contributed by atoms with Crippen LogP contribution in [0.5, 0.6) is 0 Å². The maximum atomic E-state index is 13.0. The molecule has 0 saturated carbocycles. The fraction of sp³-hybridized carbons (Fsp3) is 0.118. The van der Waals surface area contributed by atoms with Crippen LogP contribution in [0, 0.1) is 0 Å². The first-order valence-corrected chi connectivity index (χ1v) is 7.72. The monoisotopic (exact) mass is 333 g/mol. The quantitative estimate of drug-likeness (QED) is 0.761. The lowest BCUT2D eigenvalue weighted by Crippen LogP contribution is -2.31. The zero-order chi connectivity index (χ0) is 17.2. The molecule has 8 nitrogen and oxygen atoms in total. The van der Waals surface area contributed by atoms with Crippen molar-refractivity contribution in [2.45, 2.75) is 13.0 Å². The maximum absolute atomic E-state index is 13.0. The van der Waals surface area contributed by atoms with Gasteiger partial charge in [0.15, 0.2) is 0 Å². The number of aromatic nitrogens is 5. The molecule has 0 aromatic carbocycles. The summed E-state index contributed by atoms with van der Waals surface area (Å²) in [5, 5.41) is 10.3. The van der Waals surface area contributed by atoms with E-state index in [0.717, 1.165) is 11.3 Å². The van der Waals surface area contributed by atoms with Crippen molar-refractivity contribution < 1.29 is 4.79 Å². The summed E-state index contributed by atoms with van der Waals surface area (Å²) < 4.78 is 1.69. The lowest BCUT2D eigenvalue weighted by molar-refractivity contribution is -0.113. The van der Waals surface area contributed by atoms with Gasteiger partial charge >= 0.3 is 0 Å². The minimum absolute atomic E-state index is 0.221. The molecule has 3 aromatic rings. The number of allylic oxidation sites excluding steroid dienone is 1. The van der Waals surface area contributed by atoms with Crippen molar-refractivity contribution >= 4 is 17.5 Å². The summed E-state index contributed by atoms with van der Waals surface area (Å²) in [6.07, 6.45) is 8.11. The largest absolute Gasteiger partial charge is 0.328 e. The Kier molecular flexibility index (Phi) is 3.70. The zero-order valence-electron chi connectivity index (χ0n) is 13.4. The first kappa shape index (κ1) is 15.0. The Hall–Kier alpha value is -3.55. The van der Waals surface area contributed by atoms with Gasteiger partial charge in [0, 0.05) is 24.3 Å². The first-order valence-electron chi connectivity index (χ1n) is 7.72. The molecule has 2 N–H and O–H groups in total. The fourth-order valence-electron chi connectivity index (χ4n) is 2.87. The molecule has 1 atom stereocenters. The number of hydrogen-bond acceptors (Lipinski definition) is 6. The number of anilines is 2. The highest BCUT2D eigenvalue weighted by Crippen LogP contribution is 2.34. The smallest absolute Gasteiger partial charge is 0.255 e. The highest BCUT2D eigenvalue weighted by Gasteiger charge is 2.33. The van der Waals surface area contributed by atoms with Gasteiger partial charge in [-0.3, -0.25) is 14.8 Å². The van der Waals surface area contributed by atoms with Gasteiger partial charge in [-0.2, -0.15) is 10.1 Å². The molecule has 1 aliphatic heterocycles. The normalized spacial score (nSPS) is 16.1. The van der Waals surface area contributed by atoms with Crippen molar-refractivity contribution in [1.29, 1.82) is 0 Å². The van der Waals surface area contributed by atoms with Gasteiger partial charge in [-0.1, -0.05) is 0 Å². The van der Waals surface area contributed by atoms with E-state index in [1.807, 2.05) is 19.1 Å². The second kappa shape index (κ2) is 6.16. The zero-order valence-corrected chi connectivity index (χ0v) is 13.4. The summed E-state index contributed by atoms with van der Waals surface area (Å²) in [5.41, 5.74) is 2.82. The summed E-state index contributed by atoms with van der Waals surface area (Å²) in [5.74, 6) is 0.373. The Balaban J connectivity index is 1.77. The van der Waals surface area contributed by atoms with Crippen molar-refractivity contribution in [2.75, 3.05) is 10.6 Å². The molecule has 0 spiro atoms. The van der Waals surface area contributed by atoms with Crippen LogP contribution in [0.2, 0.25) is 0 Å². The number of fused-ring (bicyclic) bond motifs is 1. The van der Waals surface area contributed by atoms with Crippen LogP contribution in [-0.2, 0) is 4.79 Å². The number of pyridine rings is 2. The van der Waals surface area contributed by atoms with Crippen molar-refractivity contribution in [3.05, 3.63) is 72.2 Å². The Morgan fingerprint density at radius 1 is 1.20 bits per heavy atom. The van der Waals surface area contributed by atoms with Gasteiger partial charge in [-0.15, -0.1) is 0 Å². The number of nitrogens with one attached hydrogen (secondary N) is 2. The third-order valence-electron chi connectivity index (χ3n) is 3.98. The van der Waals surface area contributed by atoms with Crippen LogP contribution < -0.4 is 10.6 Å². The second-order valence-corrected chi connectivity index (χ2v) is 5.57. The third kappa shape index (κ3) is 2.74. The molecule has 0 bridgehead atoms. The highest BCUT2D eigenvalue weighted by atomic mass is 16.1. The van der Waals surface area contributed by atoms with Crippen LogP contribution in [-0.4, -0.2) is 30.6 Å². The van der Waals surface area contributed by atoms with Crippen molar-refractivity contribution in [1.82, 2.24) is 24.7 Å². The summed E-state index contributed by atoms with van der Waals surface area (Å²) >= 11 is 0. The predicted octanol–water partition coefficient (Wildman–Crippen LogP) is 2.00. The van der Waals surface area contributed by atoms with Gasteiger partial charge in [0.1, 0.15) is 12.4 Å². The molecule has 0 aliphatic carbocycles. The Morgan fingerprint density at radius 3 is 2.80 bits per heavy atom. The molecule has 1 aliphatic rings. The van der Waals surface area contributed by atoms with Gasteiger partial charge in [-0.05, 0) is 36.8 Å². The molecule has 124 valence electrons. The maximum Gasteiger partial charge on any atom is 0.255 e. The third-order valence-corrected chi connectivity index (χ3v) is 3.98. The molecular weight excluding hydrogens is 318 g/mol. The predicted molar refractivity (Wildman–Crippen MR) is 91.6 cm³/mol. The standard InChI is InChI=1S/C17H15N7O/c1-11-14(16(25)23-13-3-2-6-19-9-13)15(12-4-7-18-8-5-12)24-17(22-11)20-10-21-24/h2-10,15H,1H3,(H,23,25)(H,20,21,22). The van der Waals surface area contributed by atoms with Crippen LogP contribution in [0.3, 0.4) is 0 Å². The molecule has 1 unspecified atom stereocenters. The number of rotatable bonds is 3. The van der Waals surface area contributed by atoms with Gasteiger partial charge in [0.25, 0.3) is 5.91 Å². The van der Waals surface area contributed by atoms with Gasteiger partial charge in [0.2, 0.25) is 5.95 Å². The van der Waals surface area contributed by atoms with Crippen molar-refractivity contribution in [3.63, 3.8) is 0 Å². The second-order valence-electron chi connectivity index (χ2n) is 5.57.